The van der Waals surface area contributed by atoms with Crippen molar-refractivity contribution in [2.24, 2.45) is 0 Å². The predicted octanol–water partition coefficient (Wildman–Crippen LogP) is 3.23. The van der Waals surface area contributed by atoms with Crippen molar-refractivity contribution < 1.29 is 9.66 Å². The Morgan fingerprint density at radius 2 is 2.05 bits per heavy atom. The van der Waals surface area contributed by atoms with Gasteiger partial charge in [0.25, 0.3) is 5.69 Å². The first kappa shape index (κ1) is 14.8. The molecule has 1 N–H and O–H groups in total. The molecule has 2 aromatic rings. The third-order valence-corrected chi connectivity index (χ3v) is 3.31. The minimum atomic E-state index is -0.362. The van der Waals surface area contributed by atoms with E-state index in [4.69, 9.17) is 4.74 Å². The maximum Gasteiger partial charge on any atom is 0.278 e. The van der Waals surface area contributed by atoms with Gasteiger partial charge < -0.3 is 10.1 Å². The van der Waals surface area contributed by atoms with Gasteiger partial charge in [0.15, 0.2) is 0 Å². The smallest absolute Gasteiger partial charge is 0.278 e. The van der Waals surface area contributed by atoms with Crippen LogP contribution in [0.4, 0.5) is 11.4 Å². The third kappa shape index (κ3) is 3.10. The van der Waals surface area contributed by atoms with Crippen LogP contribution in [0.3, 0.4) is 0 Å². The summed E-state index contributed by atoms with van der Waals surface area (Å²) in [6, 6.07) is 7.50. The molecule has 0 radical (unpaired) electrons. The highest BCUT2D eigenvalue weighted by Crippen LogP contribution is 2.27. The van der Waals surface area contributed by atoms with Crippen LogP contribution in [0.25, 0.3) is 0 Å². The second kappa shape index (κ2) is 6.21. The van der Waals surface area contributed by atoms with E-state index in [-0.39, 0.29) is 10.6 Å². The molecule has 6 nitrogen and oxygen atoms in total. The Kier molecular flexibility index (Phi) is 4.37. The lowest BCUT2D eigenvalue weighted by molar-refractivity contribution is -0.386. The summed E-state index contributed by atoms with van der Waals surface area (Å²) in [4.78, 5) is 15.0. The number of pyridine rings is 1. The molecule has 1 aromatic carbocycles. The molecule has 0 bridgehead atoms. The number of aryl methyl sites for hydroxylation is 1. The van der Waals surface area contributed by atoms with Gasteiger partial charge in [0, 0.05) is 11.8 Å². The monoisotopic (exact) mass is 287 g/mol. The van der Waals surface area contributed by atoms with Crippen LogP contribution in [0.15, 0.2) is 30.5 Å². The Morgan fingerprint density at radius 1 is 1.33 bits per heavy atom. The van der Waals surface area contributed by atoms with Crippen LogP contribution in [-0.2, 0) is 6.54 Å². The van der Waals surface area contributed by atoms with Crippen LogP contribution in [0.2, 0.25) is 0 Å². The molecule has 0 saturated heterocycles. The first-order valence-electron chi connectivity index (χ1n) is 6.51. The Bertz CT molecular complexity index is 671. The van der Waals surface area contributed by atoms with E-state index in [0.29, 0.717) is 23.4 Å². The SMILES string of the molecule is COc1ccccc1NCc1ncc(C)c([N+](=O)[O-])c1C. The molecule has 21 heavy (non-hydrogen) atoms. The summed E-state index contributed by atoms with van der Waals surface area (Å²) in [7, 11) is 1.60. The number of nitrogens with zero attached hydrogens (tertiary/aromatic N) is 2. The van der Waals surface area contributed by atoms with Gasteiger partial charge >= 0.3 is 0 Å². The summed E-state index contributed by atoms with van der Waals surface area (Å²) >= 11 is 0. The van der Waals surface area contributed by atoms with Crippen molar-refractivity contribution in [1.29, 1.82) is 0 Å². The molecule has 6 heteroatoms. The van der Waals surface area contributed by atoms with E-state index < -0.39 is 0 Å². The van der Waals surface area contributed by atoms with Crippen LogP contribution >= 0.6 is 0 Å². The first-order valence-corrected chi connectivity index (χ1v) is 6.51. The topological polar surface area (TPSA) is 77.3 Å². The predicted molar refractivity (Wildman–Crippen MR) is 80.7 cm³/mol. The molecule has 0 unspecified atom stereocenters. The van der Waals surface area contributed by atoms with Crippen LogP contribution in [-0.4, -0.2) is 17.0 Å². The van der Waals surface area contributed by atoms with E-state index in [2.05, 4.69) is 10.3 Å². The van der Waals surface area contributed by atoms with E-state index in [9.17, 15) is 10.1 Å². The summed E-state index contributed by atoms with van der Waals surface area (Å²) < 4.78 is 5.25. The number of para-hydroxylation sites is 2. The van der Waals surface area contributed by atoms with Gasteiger partial charge in [0.05, 0.1) is 35.5 Å². The van der Waals surface area contributed by atoms with Gasteiger partial charge in [-0.15, -0.1) is 0 Å². The standard InChI is InChI=1S/C15H17N3O3/c1-10-8-16-13(11(2)15(10)18(19)20)9-17-12-6-4-5-7-14(12)21-3/h4-8,17H,9H2,1-3H3. The van der Waals surface area contributed by atoms with Crippen LogP contribution in [0.1, 0.15) is 16.8 Å². The summed E-state index contributed by atoms with van der Waals surface area (Å²) in [5.41, 5.74) is 2.76. The molecule has 0 fully saturated rings. The highest BCUT2D eigenvalue weighted by molar-refractivity contribution is 5.57. The second-order valence-corrected chi connectivity index (χ2v) is 4.67. The highest BCUT2D eigenvalue weighted by atomic mass is 16.6. The van der Waals surface area contributed by atoms with Gasteiger partial charge in [-0.1, -0.05) is 12.1 Å². The van der Waals surface area contributed by atoms with Crippen molar-refractivity contribution in [3.05, 3.63) is 57.4 Å². The molecule has 0 amide bonds. The fraction of sp³-hybridized carbons (Fsp3) is 0.267. The lowest BCUT2D eigenvalue weighted by Gasteiger charge is -2.12. The van der Waals surface area contributed by atoms with Gasteiger partial charge in [-0.2, -0.15) is 0 Å². The van der Waals surface area contributed by atoms with Gasteiger partial charge in [0.1, 0.15) is 5.75 Å². The van der Waals surface area contributed by atoms with Gasteiger partial charge in [-0.25, -0.2) is 0 Å². The Labute approximate surface area is 122 Å². The molecule has 0 spiro atoms. The molecular weight excluding hydrogens is 270 g/mol. The van der Waals surface area contributed by atoms with E-state index >= 15 is 0 Å². The lowest BCUT2D eigenvalue weighted by Crippen LogP contribution is -2.07. The molecule has 0 aliphatic rings. The Hall–Kier alpha value is -2.63. The zero-order valence-electron chi connectivity index (χ0n) is 12.2. The van der Waals surface area contributed by atoms with Crippen LogP contribution in [0.5, 0.6) is 5.75 Å². The lowest BCUT2D eigenvalue weighted by atomic mass is 10.1. The maximum atomic E-state index is 11.1. The number of ether oxygens (including phenoxy) is 1. The number of hydrogen-bond donors (Lipinski definition) is 1. The molecule has 110 valence electrons. The normalized spacial score (nSPS) is 10.2. The van der Waals surface area contributed by atoms with Crippen molar-refractivity contribution in [2.45, 2.75) is 20.4 Å². The molecular formula is C15H17N3O3. The zero-order chi connectivity index (χ0) is 15.4. The number of aromatic nitrogens is 1. The first-order chi connectivity index (χ1) is 10.0. The second-order valence-electron chi connectivity index (χ2n) is 4.67. The average Bonchev–Trinajstić information content (AvgIpc) is 2.46. The fourth-order valence-corrected chi connectivity index (χ4v) is 2.19. The largest absolute Gasteiger partial charge is 0.495 e. The van der Waals surface area contributed by atoms with E-state index in [1.54, 1.807) is 21.0 Å². The number of rotatable bonds is 5. The highest BCUT2D eigenvalue weighted by Gasteiger charge is 2.18. The summed E-state index contributed by atoms with van der Waals surface area (Å²) in [5, 5.41) is 14.3. The number of methoxy groups -OCH3 is 1. The fourth-order valence-electron chi connectivity index (χ4n) is 2.19. The van der Waals surface area contributed by atoms with Crippen molar-refractivity contribution in [2.75, 3.05) is 12.4 Å². The average molecular weight is 287 g/mol. The zero-order valence-corrected chi connectivity index (χ0v) is 12.2. The van der Waals surface area contributed by atoms with E-state index in [0.717, 1.165) is 11.4 Å². The molecule has 0 aliphatic heterocycles. The number of hydrogen-bond acceptors (Lipinski definition) is 5. The third-order valence-electron chi connectivity index (χ3n) is 3.31. The van der Waals surface area contributed by atoms with E-state index in [1.807, 2.05) is 24.3 Å². The van der Waals surface area contributed by atoms with Crippen molar-refractivity contribution in [3.63, 3.8) is 0 Å². The maximum absolute atomic E-state index is 11.1. The Morgan fingerprint density at radius 3 is 2.71 bits per heavy atom. The van der Waals surface area contributed by atoms with E-state index in [1.165, 1.54) is 6.20 Å². The summed E-state index contributed by atoms with van der Waals surface area (Å²) in [5.74, 6) is 0.719. The molecule has 0 aliphatic carbocycles. The quantitative estimate of drug-likeness (QED) is 0.674. The minimum absolute atomic E-state index is 0.127. The van der Waals surface area contributed by atoms with Gasteiger partial charge in [-0.05, 0) is 26.0 Å². The summed E-state index contributed by atoms with van der Waals surface area (Å²) in [6.45, 7) is 3.81. The molecule has 1 aromatic heterocycles. The number of nitro groups is 1. The van der Waals surface area contributed by atoms with Crippen molar-refractivity contribution >= 4 is 11.4 Å². The van der Waals surface area contributed by atoms with Crippen molar-refractivity contribution in [3.8, 4) is 5.75 Å². The minimum Gasteiger partial charge on any atom is -0.495 e. The van der Waals surface area contributed by atoms with Crippen molar-refractivity contribution in [1.82, 2.24) is 4.98 Å². The number of nitrogens with one attached hydrogen (secondary N) is 1. The molecule has 0 saturated carbocycles. The summed E-state index contributed by atoms with van der Waals surface area (Å²) in [6.07, 6.45) is 1.53. The van der Waals surface area contributed by atoms with Crippen LogP contribution in [0, 0.1) is 24.0 Å². The van der Waals surface area contributed by atoms with Gasteiger partial charge in [0.2, 0.25) is 0 Å². The van der Waals surface area contributed by atoms with Gasteiger partial charge in [-0.3, -0.25) is 15.1 Å². The number of anilines is 1. The Balaban J connectivity index is 2.25. The number of benzene rings is 1. The van der Waals surface area contributed by atoms with Crippen LogP contribution < -0.4 is 10.1 Å². The molecule has 2 rings (SSSR count). The molecule has 1 heterocycles. The molecule has 0 atom stereocenters.